The highest BCUT2D eigenvalue weighted by atomic mass is 19.1. The molecular weight excluding hydrogens is 441 g/mol. The fourth-order valence-corrected chi connectivity index (χ4v) is 5.97. The molecule has 2 saturated carbocycles. The van der Waals surface area contributed by atoms with Crippen molar-refractivity contribution in [2.24, 2.45) is 11.3 Å². The summed E-state index contributed by atoms with van der Waals surface area (Å²) >= 11 is 0. The van der Waals surface area contributed by atoms with Gasteiger partial charge in [-0.2, -0.15) is 5.26 Å². The molecule has 1 aliphatic heterocycles. The predicted octanol–water partition coefficient (Wildman–Crippen LogP) is 5.12. The molecule has 186 valence electrons. The number of nitrogens with zero attached hydrogens (tertiary/aromatic N) is 2. The minimum atomic E-state index is -0.404. The monoisotopic (exact) mass is 477 g/mol. The molecule has 4 unspecified atom stereocenters. The molecule has 3 fully saturated rings. The van der Waals surface area contributed by atoms with Gasteiger partial charge in [-0.3, -0.25) is 10.2 Å². The Morgan fingerprint density at radius 3 is 2.43 bits per heavy atom. The fraction of sp³-hybridized carbons (Fsp3) is 0.552. The highest BCUT2D eigenvalue weighted by molar-refractivity contribution is 5.64. The van der Waals surface area contributed by atoms with Gasteiger partial charge in [-0.25, -0.2) is 4.39 Å². The van der Waals surface area contributed by atoms with E-state index in [0.717, 1.165) is 43.4 Å². The molecule has 6 heteroatoms. The number of ether oxygens (including phenoxy) is 2. The molecule has 0 bridgehead atoms. The SMILES string of the molecule is COC(C1CCC1)N1CCC(NC(OC)C2(C#N)CC2)C1Cc1cccc(-c2cccc(F)c2)c1. The van der Waals surface area contributed by atoms with Crippen molar-refractivity contribution in [1.29, 1.82) is 5.26 Å². The van der Waals surface area contributed by atoms with Crippen molar-refractivity contribution in [2.75, 3.05) is 20.8 Å². The molecule has 2 aromatic carbocycles. The van der Waals surface area contributed by atoms with E-state index < -0.39 is 5.41 Å². The second-order valence-electron chi connectivity index (χ2n) is 10.5. The molecule has 5 nitrogen and oxygen atoms in total. The van der Waals surface area contributed by atoms with Crippen molar-refractivity contribution in [2.45, 2.75) is 69.5 Å². The average molecular weight is 478 g/mol. The maximum Gasteiger partial charge on any atom is 0.126 e. The molecule has 5 rings (SSSR count). The van der Waals surface area contributed by atoms with E-state index in [1.165, 1.54) is 30.9 Å². The number of benzene rings is 2. The van der Waals surface area contributed by atoms with Gasteiger partial charge in [0.1, 0.15) is 18.3 Å². The van der Waals surface area contributed by atoms with Gasteiger partial charge in [0.15, 0.2) is 0 Å². The highest BCUT2D eigenvalue weighted by Gasteiger charge is 2.53. The molecule has 1 saturated heterocycles. The number of rotatable bonds is 10. The largest absolute Gasteiger partial charge is 0.366 e. The minimum absolute atomic E-state index is 0.110. The van der Waals surface area contributed by atoms with Crippen LogP contribution in [0.1, 0.15) is 44.1 Å². The van der Waals surface area contributed by atoms with Gasteiger partial charge in [0.2, 0.25) is 0 Å². The molecule has 1 heterocycles. The third kappa shape index (κ3) is 5.01. The quantitative estimate of drug-likeness (QED) is 0.482. The normalized spacial score (nSPS) is 25.5. The Balaban J connectivity index is 1.40. The lowest BCUT2D eigenvalue weighted by atomic mass is 9.83. The molecule has 35 heavy (non-hydrogen) atoms. The van der Waals surface area contributed by atoms with Crippen LogP contribution in [0.25, 0.3) is 11.1 Å². The van der Waals surface area contributed by atoms with Gasteiger partial charge < -0.3 is 9.47 Å². The van der Waals surface area contributed by atoms with E-state index >= 15 is 0 Å². The van der Waals surface area contributed by atoms with Crippen LogP contribution in [0.4, 0.5) is 4.39 Å². The van der Waals surface area contributed by atoms with E-state index in [-0.39, 0.29) is 30.4 Å². The summed E-state index contributed by atoms with van der Waals surface area (Å²) in [5.41, 5.74) is 2.72. The standard InChI is InChI=1S/C29H36FN3O2/c1-34-27(21-7-4-8-21)33-15-12-25(32-28(35-2)29(19-31)13-14-29)26(33)17-20-6-3-9-22(16-20)23-10-5-11-24(30)18-23/h3,5-6,9-11,16,18,21,25-28,32H,4,7-8,12-15,17H2,1-2H3. The second-order valence-corrected chi connectivity index (χ2v) is 10.5. The summed E-state index contributed by atoms with van der Waals surface area (Å²) in [5.74, 6) is 0.353. The number of hydrogen-bond acceptors (Lipinski definition) is 5. The number of hydrogen-bond donors (Lipinski definition) is 1. The van der Waals surface area contributed by atoms with Crippen LogP contribution in [0.3, 0.4) is 0 Å². The lowest BCUT2D eigenvalue weighted by Gasteiger charge is -2.42. The Labute approximate surface area is 208 Å². The zero-order valence-corrected chi connectivity index (χ0v) is 20.8. The zero-order valence-electron chi connectivity index (χ0n) is 20.8. The molecule has 0 radical (unpaired) electrons. The Hall–Kier alpha value is -2.30. The molecule has 4 atom stereocenters. The first-order valence-electron chi connectivity index (χ1n) is 12.9. The Morgan fingerprint density at radius 2 is 1.83 bits per heavy atom. The third-order valence-corrected chi connectivity index (χ3v) is 8.35. The molecule has 1 N–H and O–H groups in total. The van der Waals surface area contributed by atoms with Gasteiger partial charge in [-0.15, -0.1) is 0 Å². The summed E-state index contributed by atoms with van der Waals surface area (Å²) in [6.07, 6.45) is 7.16. The first kappa shape index (κ1) is 24.4. The van der Waals surface area contributed by atoms with Crippen LogP contribution in [-0.2, 0) is 15.9 Å². The summed E-state index contributed by atoms with van der Waals surface area (Å²) in [6, 6.07) is 18.1. The summed E-state index contributed by atoms with van der Waals surface area (Å²) in [7, 11) is 3.53. The molecule has 0 aromatic heterocycles. The molecular formula is C29H36FN3O2. The van der Waals surface area contributed by atoms with Gasteiger partial charge in [-0.1, -0.05) is 42.8 Å². The Bertz CT molecular complexity index is 1060. The van der Waals surface area contributed by atoms with E-state index in [1.54, 1.807) is 19.2 Å². The van der Waals surface area contributed by atoms with E-state index in [4.69, 9.17) is 9.47 Å². The molecule has 3 aliphatic rings. The lowest BCUT2D eigenvalue weighted by Crippen LogP contribution is -2.54. The van der Waals surface area contributed by atoms with Crippen molar-refractivity contribution in [3.05, 3.63) is 59.9 Å². The molecule has 2 aromatic rings. The van der Waals surface area contributed by atoms with Crippen LogP contribution >= 0.6 is 0 Å². The Morgan fingerprint density at radius 1 is 1.09 bits per heavy atom. The van der Waals surface area contributed by atoms with Crippen LogP contribution in [-0.4, -0.2) is 50.2 Å². The zero-order chi connectivity index (χ0) is 24.4. The van der Waals surface area contributed by atoms with Crippen LogP contribution in [0.5, 0.6) is 0 Å². The molecule has 0 spiro atoms. The minimum Gasteiger partial charge on any atom is -0.366 e. The number of halogens is 1. The molecule has 0 amide bonds. The maximum absolute atomic E-state index is 13.8. The van der Waals surface area contributed by atoms with Crippen LogP contribution < -0.4 is 5.32 Å². The van der Waals surface area contributed by atoms with E-state index in [2.05, 4.69) is 34.5 Å². The maximum atomic E-state index is 13.8. The number of nitriles is 1. The van der Waals surface area contributed by atoms with Gasteiger partial charge in [-0.05, 0) is 73.3 Å². The van der Waals surface area contributed by atoms with Crippen molar-refractivity contribution in [3.63, 3.8) is 0 Å². The van der Waals surface area contributed by atoms with Gasteiger partial charge >= 0.3 is 0 Å². The summed E-state index contributed by atoms with van der Waals surface area (Å²) in [4.78, 5) is 2.54. The van der Waals surface area contributed by atoms with Gasteiger partial charge in [0.05, 0.1) is 11.5 Å². The lowest BCUT2D eigenvalue weighted by molar-refractivity contribution is -0.0998. The number of nitrogens with one attached hydrogen (secondary N) is 1. The highest BCUT2D eigenvalue weighted by Crippen LogP contribution is 2.49. The summed E-state index contributed by atoms with van der Waals surface area (Å²) in [5, 5.41) is 13.5. The van der Waals surface area contributed by atoms with E-state index in [1.807, 2.05) is 19.2 Å². The average Bonchev–Trinajstić information content (AvgIpc) is 3.55. The summed E-state index contributed by atoms with van der Waals surface area (Å²) in [6.45, 7) is 0.955. The second kappa shape index (κ2) is 10.4. The smallest absolute Gasteiger partial charge is 0.126 e. The first-order valence-corrected chi connectivity index (χ1v) is 12.9. The molecule has 2 aliphatic carbocycles. The van der Waals surface area contributed by atoms with Crippen molar-refractivity contribution < 1.29 is 13.9 Å². The summed E-state index contributed by atoms with van der Waals surface area (Å²) < 4.78 is 25.7. The number of likely N-dealkylation sites (tertiary alicyclic amines) is 1. The Kier molecular flexibility index (Phi) is 7.22. The topological polar surface area (TPSA) is 57.5 Å². The van der Waals surface area contributed by atoms with Gasteiger partial charge in [0.25, 0.3) is 0 Å². The van der Waals surface area contributed by atoms with Crippen molar-refractivity contribution in [3.8, 4) is 17.2 Å². The van der Waals surface area contributed by atoms with Gasteiger partial charge in [0, 0.05) is 32.8 Å². The van der Waals surface area contributed by atoms with Crippen LogP contribution in [0, 0.1) is 28.5 Å². The predicted molar refractivity (Wildman–Crippen MR) is 134 cm³/mol. The first-order chi connectivity index (χ1) is 17.1. The van der Waals surface area contributed by atoms with Crippen molar-refractivity contribution >= 4 is 0 Å². The third-order valence-electron chi connectivity index (χ3n) is 8.35. The van der Waals surface area contributed by atoms with Crippen LogP contribution in [0.15, 0.2) is 48.5 Å². The van der Waals surface area contributed by atoms with E-state index in [9.17, 15) is 9.65 Å². The fourth-order valence-electron chi connectivity index (χ4n) is 5.97. The number of methoxy groups -OCH3 is 2. The van der Waals surface area contributed by atoms with Crippen LogP contribution in [0.2, 0.25) is 0 Å². The van der Waals surface area contributed by atoms with Crippen molar-refractivity contribution in [1.82, 2.24) is 10.2 Å². The van der Waals surface area contributed by atoms with E-state index in [0.29, 0.717) is 5.92 Å².